The molecule has 2 aromatic rings. The average Bonchev–Trinajstić information content (AvgIpc) is 2.69. The summed E-state index contributed by atoms with van der Waals surface area (Å²) in [5.74, 6) is 0.0868. The van der Waals surface area contributed by atoms with Crippen molar-refractivity contribution in [1.29, 1.82) is 0 Å². The van der Waals surface area contributed by atoms with Gasteiger partial charge in [-0.05, 0) is 42.7 Å². The molecule has 0 bridgehead atoms. The van der Waals surface area contributed by atoms with Crippen molar-refractivity contribution in [3.63, 3.8) is 0 Å². The van der Waals surface area contributed by atoms with E-state index in [0.29, 0.717) is 18.2 Å². The van der Waals surface area contributed by atoms with Crippen LogP contribution in [0.4, 0.5) is 0 Å². The van der Waals surface area contributed by atoms with E-state index >= 15 is 0 Å². The molecule has 0 saturated carbocycles. The fourth-order valence-corrected chi connectivity index (χ4v) is 5.41. The summed E-state index contributed by atoms with van der Waals surface area (Å²) >= 11 is 3.71. The number of hydrogen-bond donors (Lipinski definition) is 1. The molecule has 1 aliphatic heterocycles. The molecule has 0 spiro atoms. The monoisotopic (exact) mass is 415 g/mol. The van der Waals surface area contributed by atoms with E-state index in [-0.39, 0.29) is 10.7 Å². The summed E-state index contributed by atoms with van der Waals surface area (Å²) in [6.07, 6.45) is 2.33. The Morgan fingerprint density at radius 3 is 2.36 bits per heavy atom. The van der Waals surface area contributed by atoms with Crippen LogP contribution in [0.3, 0.4) is 0 Å². The molecule has 2 aromatic carbocycles. The fraction of sp³-hybridized carbons (Fsp3) is 0.435. The minimum Gasteiger partial charge on any atom is -0.381 e. The maximum Gasteiger partial charge on any atom is 0.224 e. The van der Waals surface area contributed by atoms with Gasteiger partial charge in [-0.2, -0.15) is 0 Å². The van der Waals surface area contributed by atoms with Gasteiger partial charge in [-0.1, -0.05) is 44.2 Å². The van der Waals surface area contributed by atoms with E-state index in [1.54, 1.807) is 0 Å². The van der Waals surface area contributed by atoms with Crippen LogP contribution in [0.25, 0.3) is 0 Å². The minimum atomic E-state index is 0.00697. The molecule has 3 rings (SSSR count). The molecule has 5 heteroatoms. The van der Waals surface area contributed by atoms with E-state index in [2.05, 4.69) is 67.7 Å². The van der Waals surface area contributed by atoms with Gasteiger partial charge in [0.1, 0.15) is 0 Å². The van der Waals surface area contributed by atoms with E-state index in [4.69, 9.17) is 4.74 Å². The van der Waals surface area contributed by atoms with Crippen molar-refractivity contribution in [1.82, 2.24) is 5.32 Å². The lowest BCUT2D eigenvalue weighted by molar-refractivity contribution is -0.120. The van der Waals surface area contributed by atoms with Crippen LogP contribution in [0.15, 0.2) is 64.4 Å². The van der Waals surface area contributed by atoms with Crippen LogP contribution in [0, 0.1) is 0 Å². The molecule has 150 valence electrons. The Kier molecular flexibility index (Phi) is 7.89. The largest absolute Gasteiger partial charge is 0.381 e. The third-order valence-electron chi connectivity index (χ3n) is 4.75. The summed E-state index contributed by atoms with van der Waals surface area (Å²) in [5.41, 5.74) is 1.06. The number of ether oxygens (including phenoxy) is 1. The van der Waals surface area contributed by atoms with Gasteiger partial charge in [0.15, 0.2) is 0 Å². The first kappa shape index (κ1) is 21.3. The zero-order chi connectivity index (χ0) is 19.8. The summed E-state index contributed by atoms with van der Waals surface area (Å²) in [4.78, 5) is 15.1. The zero-order valence-electron chi connectivity index (χ0n) is 16.6. The molecule has 0 radical (unpaired) electrons. The lowest BCUT2D eigenvalue weighted by Crippen LogP contribution is -2.44. The normalized spacial score (nSPS) is 16.1. The van der Waals surface area contributed by atoms with E-state index < -0.39 is 0 Å². The van der Waals surface area contributed by atoms with Gasteiger partial charge in [-0.25, -0.2) is 0 Å². The van der Waals surface area contributed by atoms with Crippen molar-refractivity contribution in [2.75, 3.05) is 19.8 Å². The molecule has 3 nitrogen and oxygen atoms in total. The fourth-order valence-electron chi connectivity index (χ4n) is 3.26. The second-order valence-electron chi connectivity index (χ2n) is 7.47. The maximum absolute atomic E-state index is 12.6. The van der Waals surface area contributed by atoms with Crippen LogP contribution in [0.5, 0.6) is 0 Å². The summed E-state index contributed by atoms with van der Waals surface area (Å²) in [6.45, 7) is 6.56. The average molecular weight is 416 g/mol. The van der Waals surface area contributed by atoms with Crippen LogP contribution >= 0.6 is 23.5 Å². The Bertz CT molecular complexity index is 741. The van der Waals surface area contributed by atoms with Crippen LogP contribution in [0.2, 0.25) is 0 Å². The number of rotatable bonds is 8. The number of nitrogens with one attached hydrogen (secondary N) is 1. The zero-order valence-corrected chi connectivity index (χ0v) is 18.3. The molecule has 1 fully saturated rings. The standard InChI is InChI=1S/C23H29NO2S2/c1-18(2)27-20-10-8-19(9-11-20)16-22(25)24-17-23(12-14-26-15-13-23)28-21-6-4-3-5-7-21/h3-11,18H,12-17H2,1-2H3,(H,24,25). The van der Waals surface area contributed by atoms with Gasteiger partial charge in [0.05, 0.1) is 6.42 Å². The molecule has 1 N–H and O–H groups in total. The van der Waals surface area contributed by atoms with Crippen molar-refractivity contribution in [2.45, 2.75) is 52.9 Å². The molecule has 0 unspecified atom stereocenters. The van der Waals surface area contributed by atoms with Crippen molar-refractivity contribution < 1.29 is 9.53 Å². The predicted octanol–water partition coefficient (Wildman–Crippen LogP) is 5.19. The molecule has 0 aliphatic carbocycles. The summed E-state index contributed by atoms with van der Waals surface area (Å²) < 4.78 is 5.58. The number of thioether (sulfide) groups is 2. The maximum atomic E-state index is 12.6. The Morgan fingerprint density at radius 2 is 1.71 bits per heavy atom. The highest BCUT2D eigenvalue weighted by molar-refractivity contribution is 8.00. The van der Waals surface area contributed by atoms with Gasteiger partial charge < -0.3 is 10.1 Å². The quantitative estimate of drug-likeness (QED) is 0.602. The Labute approximate surface area is 177 Å². The first-order chi connectivity index (χ1) is 13.5. The molecule has 0 aromatic heterocycles. The Hall–Kier alpha value is -1.43. The third kappa shape index (κ3) is 6.57. The van der Waals surface area contributed by atoms with Crippen molar-refractivity contribution >= 4 is 29.4 Å². The van der Waals surface area contributed by atoms with Gasteiger partial charge in [-0.15, -0.1) is 23.5 Å². The molecule has 0 atom stereocenters. The highest BCUT2D eigenvalue weighted by Gasteiger charge is 2.34. The van der Waals surface area contributed by atoms with E-state index in [1.165, 1.54) is 9.79 Å². The Morgan fingerprint density at radius 1 is 1.04 bits per heavy atom. The predicted molar refractivity (Wildman–Crippen MR) is 119 cm³/mol. The smallest absolute Gasteiger partial charge is 0.224 e. The summed E-state index contributed by atoms with van der Waals surface area (Å²) in [6, 6.07) is 18.8. The van der Waals surface area contributed by atoms with Crippen LogP contribution in [-0.2, 0) is 16.0 Å². The van der Waals surface area contributed by atoms with Gasteiger partial charge in [0.25, 0.3) is 0 Å². The molecular weight excluding hydrogens is 386 g/mol. The number of amides is 1. The summed E-state index contributed by atoms with van der Waals surface area (Å²) in [7, 11) is 0. The molecule has 1 aliphatic rings. The van der Waals surface area contributed by atoms with Gasteiger partial charge in [0.2, 0.25) is 5.91 Å². The van der Waals surface area contributed by atoms with Crippen LogP contribution in [0.1, 0.15) is 32.3 Å². The lowest BCUT2D eigenvalue weighted by Gasteiger charge is -2.36. The SMILES string of the molecule is CC(C)Sc1ccc(CC(=O)NCC2(Sc3ccccc3)CCOCC2)cc1. The second kappa shape index (κ2) is 10.4. The highest BCUT2D eigenvalue weighted by atomic mass is 32.2. The lowest BCUT2D eigenvalue weighted by atomic mass is 9.99. The van der Waals surface area contributed by atoms with Gasteiger partial charge in [-0.3, -0.25) is 4.79 Å². The first-order valence-electron chi connectivity index (χ1n) is 9.89. The van der Waals surface area contributed by atoms with E-state index in [1.807, 2.05) is 29.6 Å². The van der Waals surface area contributed by atoms with Crippen molar-refractivity contribution in [3.05, 3.63) is 60.2 Å². The van der Waals surface area contributed by atoms with E-state index in [9.17, 15) is 4.79 Å². The van der Waals surface area contributed by atoms with Crippen molar-refractivity contribution in [3.8, 4) is 0 Å². The van der Waals surface area contributed by atoms with Crippen LogP contribution < -0.4 is 5.32 Å². The number of hydrogen-bond acceptors (Lipinski definition) is 4. The molecule has 28 heavy (non-hydrogen) atoms. The number of benzene rings is 2. The highest BCUT2D eigenvalue weighted by Crippen LogP contribution is 2.40. The first-order valence-corrected chi connectivity index (χ1v) is 11.6. The van der Waals surface area contributed by atoms with E-state index in [0.717, 1.165) is 31.6 Å². The second-order valence-corrected chi connectivity index (χ2v) is 10.7. The number of carbonyl (C=O) groups is 1. The minimum absolute atomic E-state index is 0.00697. The van der Waals surface area contributed by atoms with Gasteiger partial charge >= 0.3 is 0 Å². The molecule has 1 saturated heterocycles. The molecular formula is C23H29NO2S2. The summed E-state index contributed by atoms with van der Waals surface area (Å²) in [5, 5.41) is 3.75. The topological polar surface area (TPSA) is 38.3 Å². The van der Waals surface area contributed by atoms with Crippen molar-refractivity contribution in [2.24, 2.45) is 0 Å². The third-order valence-corrected chi connectivity index (χ3v) is 7.26. The van der Waals surface area contributed by atoms with Gasteiger partial charge in [0, 0.05) is 39.5 Å². The van der Waals surface area contributed by atoms with Crippen LogP contribution in [-0.4, -0.2) is 35.7 Å². The Balaban J connectivity index is 1.56. The number of carbonyl (C=O) groups excluding carboxylic acids is 1. The molecule has 1 heterocycles. The molecule has 1 amide bonds.